The molecule has 0 amide bonds. The summed E-state index contributed by atoms with van der Waals surface area (Å²) in [7, 11) is 0. The fourth-order valence-electron chi connectivity index (χ4n) is 3.03. The van der Waals surface area contributed by atoms with Crippen LogP contribution in [0.1, 0.15) is 49.3 Å². The largest absolute Gasteiger partial charge is 0.481 e. The Balaban J connectivity index is 1.64. The number of ether oxygens (including phenoxy) is 1. The molecule has 3 rings (SSSR count). The number of rotatable bonds is 5. The van der Waals surface area contributed by atoms with E-state index in [1.807, 2.05) is 0 Å². The van der Waals surface area contributed by atoms with Crippen LogP contribution in [-0.2, 0) is 16.0 Å². The second kappa shape index (κ2) is 4.97. The van der Waals surface area contributed by atoms with Crippen molar-refractivity contribution < 1.29 is 14.6 Å². The van der Waals surface area contributed by atoms with Crippen LogP contribution in [0.2, 0.25) is 0 Å². The van der Waals surface area contributed by atoms with Gasteiger partial charge in [-0.1, -0.05) is 24.3 Å². The van der Waals surface area contributed by atoms with E-state index in [0.29, 0.717) is 6.61 Å². The molecule has 3 heteroatoms. The van der Waals surface area contributed by atoms with Gasteiger partial charge in [0.2, 0.25) is 0 Å². The molecule has 1 N–H and O–H groups in total. The van der Waals surface area contributed by atoms with Crippen LogP contribution in [0.5, 0.6) is 0 Å². The summed E-state index contributed by atoms with van der Waals surface area (Å²) in [4.78, 5) is 10.8. The summed E-state index contributed by atoms with van der Waals surface area (Å²) >= 11 is 0. The van der Waals surface area contributed by atoms with Gasteiger partial charge in [-0.2, -0.15) is 0 Å². The van der Waals surface area contributed by atoms with Crippen molar-refractivity contribution in [3.8, 4) is 0 Å². The van der Waals surface area contributed by atoms with E-state index in [2.05, 4.69) is 24.3 Å². The molecule has 2 aliphatic rings. The second-order valence-corrected chi connectivity index (χ2v) is 5.96. The first kappa shape index (κ1) is 12.7. The summed E-state index contributed by atoms with van der Waals surface area (Å²) in [5, 5.41) is 8.93. The lowest BCUT2D eigenvalue weighted by Gasteiger charge is -2.27. The molecule has 0 spiro atoms. The number of carboxylic acid groups (broad SMARTS) is 1. The van der Waals surface area contributed by atoms with Gasteiger partial charge in [-0.15, -0.1) is 0 Å². The van der Waals surface area contributed by atoms with Crippen LogP contribution < -0.4 is 0 Å². The lowest BCUT2D eigenvalue weighted by Crippen LogP contribution is -2.20. The highest BCUT2D eigenvalue weighted by atomic mass is 16.5. The molecule has 1 unspecified atom stereocenters. The summed E-state index contributed by atoms with van der Waals surface area (Å²) in [6.07, 6.45) is 5.75. The molecule has 1 atom stereocenters. The number of fused-ring (bicyclic) bond motifs is 1. The summed E-state index contributed by atoms with van der Waals surface area (Å²) in [6.45, 7) is 0.596. The first-order valence-corrected chi connectivity index (χ1v) is 7.10. The molecule has 3 nitrogen and oxygen atoms in total. The molecule has 0 heterocycles. The van der Waals surface area contributed by atoms with Crippen molar-refractivity contribution in [3.63, 3.8) is 0 Å². The maximum Gasteiger partial charge on any atom is 0.303 e. The highest BCUT2D eigenvalue weighted by molar-refractivity contribution is 5.68. The Bertz CT molecular complexity index is 477. The van der Waals surface area contributed by atoms with Crippen molar-refractivity contribution in [2.24, 2.45) is 5.41 Å². The van der Waals surface area contributed by atoms with Gasteiger partial charge in [0.25, 0.3) is 0 Å². The van der Waals surface area contributed by atoms with Crippen LogP contribution in [0.3, 0.4) is 0 Å². The SMILES string of the molecule is O=C(O)CC1(COC2CCCc3ccccc32)CC1. The van der Waals surface area contributed by atoms with Crippen molar-refractivity contribution in [3.05, 3.63) is 35.4 Å². The van der Waals surface area contributed by atoms with Crippen LogP contribution in [0, 0.1) is 5.41 Å². The Kier molecular flexibility index (Phi) is 3.31. The van der Waals surface area contributed by atoms with Crippen LogP contribution in [0.25, 0.3) is 0 Å². The van der Waals surface area contributed by atoms with E-state index in [0.717, 1.165) is 32.1 Å². The van der Waals surface area contributed by atoms with Gasteiger partial charge in [0.1, 0.15) is 0 Å². The van der Waals surface area contributed by atoms with Gasteiger partial charge >= 0.3 is 5.97 Å². The molecule has 0 radical (unpaired) electrons. The van der Waals surface area contributed by atoms with Gasteiger partial charge in [-0.05, 0) is 43.2 Å². The quantitative estimate of drug-likeness (QED) is 0.883. The highest BCUT2D eigenvalue weighted by Gasteiger charge is 2.45. The predicted octanol–water partition coefficient (Wildman–Crippen LogP) is 3.34. The number of carboxylic acids is 1. The molecule has 102 valence electrons. The second-order valence-electron chi connectivity index (χ2n) is 5.96. The number of hydrogen-bond acceptors (Lipinski definition) is 2. The first-order chi connectivity index (χ1) is 9.19. The molecule has 1 aromatic carbocycles. The number of carbonyl (C=O) groups is 1. The zero-order valence-corrected chi connectivity index (χ0v) is 11.1. The molecule has 1 fully saturated rings. The van der Waals surface area contributed by atoms with Gasteiger partial charge in [-0.3, -0.25) is 4.79 Å². The van der Waals surface area contributed by atoms with E-state index in [1.54, 1.807) is 0 Å². The fourth-order valence-corrected chi connectivity index (χ4v) is 3.03. The summed E-state index contributed by atoms with van der Waals surface area (Å²) in [6, 6.07) is 8.46. The molecule has 0 saturated heterocycles. The van der Waals surface area contributed by atoms with Crippen LogP contribution in [0.15, 0.2) is 24.3 Å². The van der Waals surface area contributed by atoms with Gasteiger partial charge < -0.3 is 9.84 Å². The zero-order chi connectivity index (χ0) is 13.3. The lowest BCUT2D eigenvalue weighted by molar-refractivity contribution is -0.139. The van der Waals surface area contributed by atoms with Crippen molar-refractivity contribution in [1.29, 1.82) is 0 Å². The fraction of sp³-hybridized carbons (Fsp3) is 0.562. The number of aliphatic carboxylic acids is 1. The van der Waals surface area contributed by atoms with Gasteiger partial charge in [0.15, 0.2) is 0 Å². The van der Waals surface area contributed by atoms with Crippen molar-refractivity contribution in [1.82, 2.24) is 0 Å². The first-order valence-electron chi connectivity index (χ1n) is 7.10. The summed E-state index contributed by atoms with van der Waals surface area (Å²) < 4.78 is 6.07. The van der Waals surface area contributed by atoms with E-state index >= 15 is 0 Å². The molecule has 19 heavy (non-hydrogen) atoms. The molecule has 1 saturated carbocycles. The predicted molar refractivity (Wildman–Crippen MR) is 72.0 cm³/mol. The molecular formula is C16H20O3. The van der Waals surface area contributed by atoms with Gasteiger partial charge in [0.05, 0.1) is 19.1 Å². The van der Waals surface area contributed by atoms with Crippen molar-refractivity contribution in [2.75, 3.05) is 6.61 Å². The van der Waals surface area contributed by atoms with Crippen molar-refractivity contribution >= 4 is 5.97 Å². The molecular weight excluding hydrogens is 240 g/mol. The minimum absolute atomic E-state index is 0.0712. The smallest absolute Gasteiger partial charge is 0.303 e. The minimum atomic E-state index is -0.704. The molecule has 1 aromatic rings. The summed E-state index contributed by atoms with van der Waals surface area (Å²) in [5.74, 6) is -0.704. The standard InChI is InChI=1S/C16H20O3/c17-15(18)10-16(8-9-16)11-19-14-7-3-5-12-4-1-2-6-13(12)14/h1-2,4,6,14H,3,5,7-11H2,(H,17,18). The van der Waals surface area contributed by atoms with E-state index in [4.69, 9.17) is 9.84 Å². The van der Waals surface area contributed by atoms with E-state index in [1.165, 1.54) is 11.1 Å². The third-order valence-electron chi connectivity index (χ3n) is 4.39. The topological polar surface area (TPSA) is 46.5 Å². The number of benzene rings is 1. The van der Waals surface area contributed by atoms with Crippen molar-refractivity contribution in [2.45, 2.75) is 44.6 Å². The lowest BCUT2D eigenvalue weighted by atomic mass is 9.89. The van der Waals surface area contributed by atoms with E-state index < -0.39 is 5.97 Å². The maximum atomic E-state index is 10.8. The minimum Gasteiger partial charge on any atom is -0.481 e. The Morgan fingerprint density at radius 1 is 1.37 bits per heavy atom. The monoisotopic (exact) mass is 260 g/mol. The van der Waals surface area contributed by atoms with Crippen LogP contribution in [0.4, 0.5) is 0 Å². The Labute approximate surface area is 113 Å². The molecule has 0 bridgehead atoms. The Morgan fingerprint density at radius 3 is 2.89 bits per heavy atom. The Morgan fingerprint density at radius 2 is 2.16 bits per heavy atom. The molecule has 0 aliphatic heterocycles. The molecule has 0 aromatic heterocycles. The van der Waals surface area contributed by atoms with E-state index in [-0.39, 0.29) is 17.9 Å². The Hall–Kier alpha value is -1.35. The maximum absolute atomic E-state index is 10.8. The average molecular weight is 260 g/mol. The van der Waals surface area contributed by atoms with Gasteiger partial charge in [-0.25, -0.2) is 0 Å². The molecule has 2 aliphatic carbocycles. The zero-order valence-electron chi connectivity index (χ0n) is 11.1. The highest BCUT2D eigenvalue weighted by Crippen LogP contribution is 2.50. The average Bonchev–Trinajstić information content (AvgIpc) is 3.15. The van der Waals surface area contributed by atoms with Crippen LogP contribution >= 0.6 is 0 Å². The van der Waals surface area contributed by atoms with E-state index in [9.17, 15) is 4.79 Å². The number of hydrogen-bond donors (Lipinski definition) is 1. The van der Waals surface area contributed by atoms with Gasteiger partial charge in [0, 0.05) is 5.41 Å². The van der Waals surface area contributed by atoms with Crippen LogP contribution in [-0.4, -0.2) is 17.7 Å². The third-order valence-corrected chi connectivity index (χ3v) is 4.39. The summed E-state index contributed by atoms with van der Waals surface area (Å²) in [5.41, 5.74) is 2.62. The third kappa shape index (κ3) is 2.81. The normalized spacial score (nSPS) is 23.7. The number of aryl methyl sites for hydroxylation is 1.